The molecule has 0 fully saturated rings. The molecule has 0 saturated heterocycles. The normalized spacial score (nSPS) is 10.9. The Bertz CT molecular complexity index is 1560. The highest BCUT2D eigenvalue weighted by Gasteiger charge is 2.14. The molecule has 1 aromatic heterocycles. The van der Waals surface area contributed by atoms with Crippen LogP contribution in [0.3, 0.4) is 0 Å². The maximum atomic E-state index is 13.0. The number of amides is 2. The van der Waals surface area contributed by atoms with Crippen molar-refractivity contribution in [1.82, 2.24) is 5.43 Å². The zero-order valence-corrected chi connectivity index (χ0v) is 22.0. The Morgan fingerprint density at radius 3 is 2.61 bits per heavy atom. The number of benzene rings is 3. The third-order valence-electron chi connectivity index (χ3n) is 5.07. The van der Waals surface area contributed by atoms with Crippen LogP contribution in [0.25, 0.3) is 10.1 Å². The number of fused-ring (bicyclic) bond motifs is 1. The number of hydrogen-bond donors (Lipinski definition) is 2. The Balaban J connectivity index is 1.39. The summed E-state index contributed by atoms with van der Waals surface area (Å²) in [5.41, 5.74) is 3.36. The zero-order valence-electron chi connectivity index (χ0n) is 19.6. The molecule has 0 aliphatic heterocycles. The summed E-state index contributed by atoms with van der Waals surface area (Å²) in [7, 11) is 1.43. The Morgan fingerprint density at radius 1 is 1.13 bits per heavy atom. The number of nitro benzene ring substituents is 1. The molecule has 10 nitrogen and oxygen atoms in total. The predicted octanol–water partition coefficient (Wildman–Crippen LogP) is 5.50. The molecule has 0 unspecified atom stereocenters. The number of nitrogens with zero attached hydrogens (tertiary/aromatic N) is 2. The second-order valence-electron chi connectivity index (χ2n) is 7.66. The van der Waals surface area contributed by atoms with E-state index in [1.807, 2.05) is 0 Å². The molecule has 2 amide bonds. The highest BCUT2D eigenvalue weighted by molar-refractivity contribution is 9.10. The van der Waals surface area contributed by atoms with Gasteiger partial charge in [-0.25, -0.2) is 9.82 Å². The molecular weight excluding hydrogens is 583 g/mol. The van der Waals surface area contributed by atoms with Crippen molar-refractivity contribution in [1.29, 1.82) is 0 Å². The van der Waals surface area contributed by atoms with E-state index >= 15 is 0 Å². The van der Waals surface area contributed by atoms with Crippen molar-refractivity contribution in [3.05, 3.63) is 91.5 Å². The molecule has 4 aromatic rings. The number of carbonyl (C=O) groups is 2. The Labute approximate surface area is 227 Å². The fourth-order valence-corrected chi connectivity index (χ4v) is 4.63. The van der Waals surface area contributed by atoms with E-state index in [1.54, 1.807) is 24.3 Å². The van der Waals surface area contributed by atoms with Crippen molar-refractivity contribution in [2.75, 3.05) is 19.0 Å². The van der Waals surface area contributed by atoms with Crippen LogP contribution >= 0.6 is 27.3 Å². The molecule has 13 heteroatoms. The van der Waals surface area contributed by atoms with Crippen LogP contribution in [-0.2, 0) is 4.79 Å². The highest BCUT2D eigenvalue weighted by atomic mass is 79.9. The third-order valence-corrected chi connectivity index (χ3v) is 6.88. The topological polar surface area (TPSA) is 132 Å². The highest BCUT2D eigenvalue weighted by Crippen LogP contribution is 2.33. The Morgan fingerprint density at radius 2 is 1.89 bits per heavy atom. The summed E-state index contributed by atoms with van der Waals surface area (Å²) in [5.74, 6) is -0.722. The van der Waals surface area contributed by atoms with Gasteiger partial charge in [0, 0.05) is 37.9 Å². The predicted molar refractivity (Wildman–Crippen MR) is 145 cm³/mol. The van der Waals surface area contributed by atoms with Gasteiger partial charge in [-0.2, -0.15) is 5.10 Å². The quantitative estimate of drug-likeness (QED) is 0.148. The maximum absolute atomic E-state index is 13.0. The van der Waals surface area contributed by atoms with Gasteiger partial charge in [0.15, 0.2) is 18.1 Å². The van der Waals surface area contributed by atoms with Crippen LogP contribution in [0.5, 0.6) is 11.5 Å². The molecule has 194 valence electrons. The number of hydrogen-bond acceptors (Lipinski definition) is 8. The number of nitro groups is 1. The van der Waals surface area contributed by atoms with Gasteiger partial charge in [-0.05, 0) is 64.5 Å². The average molecular weight is 601 g/mol. The molecule has 0 aliphatic carbocycles. The van der Waals surface area contributed by atoms with Crippen LogP contribution in [0.15, 0.2) is 70.2 Å². The zero-order chi connectivity index (χ0) is 27.2. The summed E-state index contributed by atoms with van der Waals surface area (Å²) >= 11 is 4.59. The van der Waals surface area contributed by atoms with E-state index in [2.05, 4.69) is 31.8 Å². The summed E-state index contributed by atoms with van der Waals surface area (Å²) in [4.78, 5) is 35.5. The van der Waals surface area contributed by atoms with Crippen molar-refractivity contribution < 1.29 is 28.4 Å². The van der Waals surface area contributed by atoms with Crippen LogP contribution in [0.2, 0.25) is 0 Å². The molecule has 0 aliphatic rings. The number of thiophene rings is 1. The minimum absolute atomic E-state index is 0.0555. The van der Waals surface area contributed by atoms with Crippen LogP contribution in [0, 0.1) is 15.9 Å². The van der Waals surface area contributed by atoms with E-state index in [0.29, 0.717) is 31.7 Å². The standard InChI is InChI=1S/C25H18BrFN4O6S/c1-36-20-9-15(19(26)11-21(20)37-13-24(32)29-17-4-2-16(27)3-5-17)12-28-30-25(33)23-10-14-8-18(31(34)35)6-7-22(14)38-23/h2-12H,13H2,1H3,(H,29,32)(H,30,33)/b28-12-. The van der Waals surface area contributed by atoms with E-state index in [-0.39, 0.29) is 18.0 Å². The van der Waals surface area contributed by atoms with Gasteiger partial charge >= 0.3 is 0 Å². The van der Waals surface area contributed by atoms with E-state index in [4.69, 9.17) is 9.47 Å². The molecular formula is C25H18BrFN4O6S. The monoisotopic (exact) mass is 600 g/mol. The number of anilines is 1. The van der Waals surface area contributed by atoms with Crippen molar-refractivity contribution >= 4 is 66.8 Å². The number of non-ortho nitro benzene ring substituents is 1. The van der Waals surface area contributed by atoms with Crippen molar-refractivity contribution in [2.45, 2.75) is 0 Å². The number of ether oxygens (including phenoxy) is 2. The minimum atomic E-state index is -0.494. The van der Waals surface area contributed by atoms with Gasteiger partial charge < -0.3 is 14.8 Å². The number of methoxy groups -OCH3 is 1. The van der Waals surface area contributed by atoms with E-state index in [9.17, 15) is 24.1 Å². The molecule has 0 bridgehead atoms. The first-order chi connectivity index (χ1) is 18.2. The molecule has 0 radical (unpaired) electrons. The fraction of sp³-hybridized carbons (Fsp3) is 0.0800. The van der Waals surface area contributed by atoms with E-state index in [1.165, 1.54) is 61.1 Å². The van der Waals surface area contributed by atoms with Gasteiger partial charge in [0.05, 0.1) is 23.1 Å². The van der Waals surface area contributed by atoms with Gasteiger partial charge in [-0.1, -0.05) is 0 Å². The summed E-state index contributed by atoms with van der Waals surface area (Å²) < 4.78 is 25.2. The number of hydrazone groups is 1. The number of carbonyl (C=O) groups excluding carboxylic acids is 2. The van der Waals surface area contributed by atoms with Crippen LogP contribution in [0.4, 0.5) is 15.8 Å². The first kappa shape index (κ1) is 26.7. The number of halogens is 2. The molecule has 2 N–H and O–H groups in total. The first-order valence-electron chi connectivity index (χ1n) is 10.8. The SMILES string of the molecule is COc1cc(/C=N\NC(=O)c2cc3cc([N+](=O)[O-])ccc3s2)c(Br)cc1OCC(=O)Nc1ccc(F)cc1. The Hall–Kier alpha value is -4.36. The van der Waals surface area contributed by atoms with Crippen molar-refractivity contribution in [2.24, 2.45) is 5.10 Å². The summed E-state index contributed by atoms with van der Waals surface area (Å²) in [5, 5.41) is 18.1. The van der Waals surface area contributed by atoms with Crippen molar-refractivity contribution in [3.63, 3.8) is 0 Å². The van der Waals surface area contributed by atoms with E-state index in [0.717, 1.165) is 4.70 Å². The largest absolute Gasteiger partial charge is 0.493 e. The first-order valence-corrected chi connectivity index (χ1v) is 12.4. The second kappa shape index (κ2) is 11.8. The number of nitrogens with one attached hydrogen (secondary N) is 2. The average Bonchev–Trinajstić information content (AvgIpc) is 3.33. The van der Waals surface area contributed by atoms with Gasteiger partial charge in [-0.15, -0.1) is 11.3 Å². The molecule has 3 aromatic carbocycles. The smallest absolute Gasteiger partial charge is 0.281 e. The van der Waals surface area contributed by atoms with Gasteiger partial charge in [0.2, 0.25) is 0 Å². The molecule has 0 saturated carbocycles. The third kappa shape index (κ3) is 6.49. The second-order valence-corrected chi connectivity index (χ2v) is 9.60. The minimum Gasteiger partial charge on any atom is -0.493 e. The summed E-state index contributed by atoms with van der Waals surface area (Å²) in [6.07, 6.45) is 1.40. The number of rotatable bonds is 9. The lowest BCUT2D eigenvalue weighted by Gasteiger charge is -2.13. The lowest BCUT2D eigenvalue weighted by atomic mass is 10.2. The van der Waals surface area contributed by atoms with Gasteiger partial charge in [-0.3, -0.25) is 19.7 Å². The summed E-state index contributed by atoms with van der Waals surface area (Å²) in [6, 6.07) is 14.5. The van der Waals surface area contributed by atoms with Crippen LogP contribution in [-0.4, -0.2) is 36.7 Å². The molecule has 4 rings (SSSR count). The molecule has 1 heterocycles. The Kier molecular flexibility index (Phi) is 8.28. The van der Waals surface area contributed by atoms with Crippen LogP contribution < -0.4 is 20.2 Å². The molecule has 38 heavy (non-hydrogen) atoms. The maximum Gasteiger partial charge on any atom is 0.281 e. The van der Waals surface area contributed by atoms with Crippen molar-refractivity contribution in [3.8, 4) is 11.5 Å². The van der Waals surface area contributed by atoms with Gasteiger partial charge in [0.25, 0.3) is 17.5 Å². The summed E-state index contributed by atoms with van der Waals surface area (Å²) in [6.45, 7) is -0.317. The van der Waals surface area contributed by atoms with E-state index < -0.39 is 22.6 Å². The fourth-order valence-electron chi connectivity index (χ4n) is 3.27. The molecule has 0 atom stereocenters. The van der Waals surface area contributed by atoms with Gasteiger partial charge in [0.1, 0.15) is 5.82 Å². The lowest BCUT2D eigenvalue weighted by molar-refractivity contribution is -0.384. The lowest BCUT2D eigenvalue weighted by Crippen LogP contribution is -2.20. The van der Waals surface area contributed by atoms with Crippen LogP contribution in [0.1, 0.15) is 15.2 Å². The molecule has 0 spiro atoms.